The van der Waals surface area contributed by atoms with Crippen molar-refractivity contribution < 1.29 is 24.1 Å². The number of nitrogens with one attached hydrogen (secondary N) is 1. The molecule has 25 heavy (non-hydrogen) atoms. The van der Waals surface area contributed by atoms with Gasteiger partial charge in [-0.25, -0.2) is 5.43 Å². The SMILES string of the molecule is CCOc1cc(C=NNC(=O)Cc2ccc3c(c2)OCO3)ccc1O. The molecule has 130 valence electrons. The predicted molar refractivity (Wildman–Crippen MR) is 91.3 cm³/mol. The molecule has 7 heteroatoms. The largest absolute Gasteiger partial charge is 0.504 e. The molecule has 7 nitrogen and oxygen atoms in total. The van der Waals surface area contributed by atoms with Gasteiger partial charge in [0.15, 0.2) is 23.0 Å². The summed E-state index contributed by atoms with van der Waals surface area (Å²) >= 11 is 0. The number of hydrazone groups is 1. The van der Waals surface area contributed by atoms with Crippen molar-refractivity contribution in [3.63, 3.8) is 0 Å². The number of nitrogens with zero attached hydrogens (tertiary/aromatic N) is 1. The van der Waals surface area contributed by atoms with Crippen LogP contribution in [0.15, 0.2) is 41.5 Å². The van der Waals surface area contributed by atoms with Crippen LogP contribution in [0.3, 0.4) is 0 Å². The second-order valence-electron chi connectivity index (χ2n) is 5.32. The number of phenols is 1. The minimum atomic E-state index is -0.251. The van der Waals surface area contributed by atoms with Crippen molar-refractivity contribution in [2.75, 3.05) is 13.4 Å². The number of hydrogen-bond donors (Lipinski definition) is 2. The minimum Gasteiger partial charge on any atom is -0.504 e. The van der Waals surface area contributed by atoms with E-state index in [9.17, 15) is 9.90 Å². The molecule has 0 radical (unpaired) electrons. The van der Waals surface area contributed by atoms with Gasteiger partial charge < -0.3 is 19.3 Å². The van der Waals surface area contributed by atoms with Crippen LogP contribution in [0.1, 0.15) is 18.1 Å². The van der Waals surface area contributed by atoms with E-state index in [1.807, 2.05) is 13.0 Å². The summed E-state index contributed by atoms with van der Waals surface area (Å²) in [6.07, 6.45) is 1.66. The molecular formula is C18H18N2O5. The third-order valence-corrected chi connectivity index (χ3v) is 3.49. The van der Waals surface area contributed by atoms with Crippen LogP contribution in [0, 0.1) is 0 Å². The van der Waals surface area contributed by atoms with E-state index in [2.05, 4.69) is 10.5 Å². The van der Waals surface area contributed by atoms with Crippen molar-refractivity contribution in [1.82, 2.24) is 5.43 Å². The van der Waals surface area contributed by atoms with Crippen LogP contribution < -0.4 is 19.6 Å². The molecule has 1 amide bonds. The lowest BCUT2D eigenvalue weighted by molar-refractivity contribution is -0.120. The molecule has 0 fully saturated rings. The van der Waals surface area contributed by atoms with Gasteiger partial charge in [-0.05, 0) is 48.4 Å². The van der Waals surface area contributed by atoms with Crippen molar-refractivity contribution in [3.8, 4) is 23.0 Å². The molecule has 0 saturated heterocycles. The molecule has 1 aliphatic heterocycles. The second-order valence-corrected chi connectivity index (χ2v) is 5.32. The molecular weight excluding hydrogens is 324 g/mol. The van der Waals surface area contributed by atoms with Gasteiger partial charge in [0.2, 0.25) is 12.7 Å². The van der Waals surface area contributed by atoms with Gasteiger partial charge in [-0.3, -0.25) is 4.79 Å². The van der Waals surface area contributed by atoms with Gasteiger partial charge in [-0.15, -0.1) is 0 Å². The van der Waals surface area contributed by atoms with Crippen molar-refractivity contribution >= 4 is 12.1 Å². The fraction of sp³-hybridized carbons (Fsp3) is 0.222. The Morgan fingerprint density at radius 2 is 2.12 bits per heavy atom. The maximum absolute atomic E-state index is 12.0. The highest BCUT2D eigenvalue weighted by atomic mass is 16.7. The first-order valence-electron chi connectivity index (χ1n) is 7.82. The van der Waals surface area contributed by atoms with Crippen molar-refractivity contribution in [3.05, 3.63) is 47.5 Å². The molecule has 0 unspecified atom stereocenters. The van der Waals surface area contributed by atoms with Crippen LogP contribution in [-0.2, 0) is 11.2 Å². The fourth-order valence-corrected chi connectivity index (χ4v) is 2.34. The highest BCUT2D eigenvalue weighted by Gasteiger charge is 2.14. The summed E-state index contributed by atoms with van der Waals surface area (Å²) in [6.45, 7) is 2.47. The number of amides is 1. The van der Waals surface area contributed by atoms with E-state index in [1.54, 1.807) is 24.3 Å². The van der Waals surface area contributed by atoms with Crippen molar-refractivity contribution in [2.24, 2.45) is 5.10 Å². The summed E-state index contributed by atoms with van der Waals surface area (Å²) in [6, 6.07) is 10.2. The second kappa shape index (κ2) is 7.57. The number of carbonyl (C=O) groups is 1. The van der Waals surface area contributed by atoms with E-state index in [0.717, 1.165) is 5.56 Å². The summed E-state index contributed by atoms with van der Waals surface area (Å²) in [5, 5.41) is 13.6. The number of rotatable bonds is 6. The standard InChI is InChI=1S/C18H18N2O5/c1-2-23-16-8-13(3-5-14(16)21)10-19-20-18(22)9-12-4-6-15-17(7-12)25-11-24-15/h3-8,10,21H,2,9,11H2,1H3,(H,20,22). The van der Waals surface area contributed by atoms with Gasteiger partial charge in [-0.1, -0.05) is 6.07 Å². The molecule has 2 N–H and O–H groups in total. The molecule has 1 aliphatic rings. The summed E-state index contributed by atoms with van der Waals surface area (Å²) in [7, 11) is 0. The highest BCUT2D eigenvalue weighted by molar-refractivity contribution is 5.84. The monoisotopic (exact) mass is 342 g/mol. The van der Waals surface area contributed by atoms with Gasteiger partial charge in [-0.2, -0.15) is 5.10 Å². The van der Waals surface area contributed by atoms with E-state index < -0.39 is 0 Å². The zero-order valence-corrected chi connectivity index (χ0v) is 13.7. The third-order valence-electron chi connectivity index (χ3n) is 3.49. The lowest BCUT2D eigenvalue weighted by atomic mass is 10.1. The van der Waals surface area contributed by atoms with E-state index in [4.69, 9.17) is 14.2 Å². The van der Waals surface area contributed by atoms with Crippen LogP contribution >= 0.6 is 0 Å². The van der Waals surface area contributed by atoms with Gasteiger partial charge in [0.25, 0.3) is 0 Å². The number of aromatic hydroxyl groups is 1. The lowest BCUT2D eigenvalue weighted by Crippen LogP contribution is -2.19. The molecule has 1 heterocycles. The van der Waals surface area contributed by atoms with Crippen molar-refractivity contribution in [1.29, 1.82) is 0 Å². The number of carbonyl (C=O) groups excluding carboxylic acids is 1. The average Bonchev–Trinajstić information content (AvgIpc) is 3.05. The van der Waals surface area contributed by atoms with Gasteiger partial charge >= 0.3 is 0 Å². The Morgan fingerprint density at radius 3 is 2.96 bits per heavy atom. The van der Waals surface area contributed by atoms with E-state index in [1.165, 1.54) is 12.3 Å². The first-order valence-corrected chi connectivity index (χ1v) is 7.82. The van der Waals surface area contributed by atoms with E-state index in [-0.39, 0.29) is 24.9 Å². The number of benzene rings is 2. The minimum absolute atomic E-state index is 0.0610. The molecule has 0 aromatic heterocycles. The maximum Gasteiger partial charge on any atom is 0.244 e. The fourth-order valence-electron chi connectivity index (χ4n) is 2.34. The van der Waals surface area contributed by atoms with Crippen LogP contribution in [0.2, 0.25) is 0 Å². The van der Waals surface area contributed by atoms with Gasteiger partial charge in [0.1, 0.15) is 0 Å². The van der Waals surface area contributed by atoms with Crippen molar-refractivity contribution in [2.45, 2.75) is 13.3 Å². The van der Waals surface area contributed by atoms with Crippen LogP contribution in [-0.4, -0.2) is 30.6 Å². The lowest BCUT2D eigenvalue weighted by Gasteiger charge is -2.06. The molecule has 0 atom stereocenters. The Kier molecular flexibility index (Phi) is 5.03. The Labute approximate surface area is 144 Å². The zero-order chi connectivity index (χ0) is 17.6. The molecule has 0 bridgehead atoms. The predicted octanol–water partition coefficient (Wildman–Crippen LogP) is 2.21. The molecule has 0 spiro atoms. The number of ether oxygens (including phenoxy) is 3. The Bertz CT molecular complexity index is 804. The maximum atomic E-state index is 12.0. The molecule has 0 saturated carbocycles. The zero-order valence-electron chi connectivity index (χ0n) is 13.7. The summed E-state index contributed by atoms with van der Waals surface area (Å²) in [4.78, 5) is 12.0. The average molecular weight is 342 g/mol. The van der Waals surface area contributed by atoms with E-state index >= 15 is 0 Å². The van der Waals surface area contributed by atoms with Crippen LogP contribution in [0.25, 0.3) is 0 Å². The van der Waals surface area contributed by atoms with Crippen LogP contribution in [0.4, 0.5) is 0 Å². The summed E-state index contributed by atoms with van der Waals surface area (Å²) < 4.78 is 15.8. The van der Waals surface area contributed by atoms with E-state index in [0.29, 0.717) is 29.4 Å². The normalized spacial score (nSPS) is 12.4. The Morgan fingerprint density at radius 1 is 1.28 bits per heavy atom. The Hall–Kier alpha value is -3.22. The topological polar surface area (TPSA) is 89.4 Å². The molecule has 3 rings (SSSR count). The summed E-state index contributed by atoms with van der Waals surface area (Å²) in [5.41, 5.74) is 3.97. The number of hydrogen-bond acceptors (Lipinski definition) is 6. The van der Waals surface area contributed by atoms with Gasteiger partial charge in [0, 0.05) is 0 Å². The first-order chi connectivity index (χ1) is 12.2. The van der Waals surface area contributed by atoms with Crippen LogP contribution in [0.5, 0.6) is 23.0 Å². The number of phenolic OH excluding ortho intramolecular Hbond substituents is 1. The molecule has 0 aliphatic carbocycles. The first kappa shape index (κ1) is 16.6. The number of fused-ring (bicyclic) bond motifs is 1. The highest BCUT2D eigenvalue weighted by Crippen LogP contribution is 2.32. The quantitative estimate of drug-likeness (QED) is 0.621. The Balaban J connectivity index is 1.57. The smallest absolute Gasteiger partial charge is 0.244 e. The van der Waals surface area contributed by atoms with Gasteiger partial charge in [0.05, 0.1) is 19.2 Å². The summed E-state index contributed by atoms with van der Waals surface area (Å²) in [5.74, 6) is 1.50. The third kappa shape index (κ3) is 4.20. The molecule has 2 aromatic carbocycles. The molecule has 2 aromatic rings.